The maximum atomic E-state index is 12.7. The predicted octanol–water partition coefficient (Wildman–Crippen LogP) is 3.58. The van der Waals surface area contributed by atoms with E-state index < -0.39 is 0 Å². The standard InChI is InChI=1S/C21H19ClN4O/c22-17-5-6-20(15(11-17)13-23)25-7-9-26(10-8-25)21(27)12-16-14-24-19-4-2-1-3-18(16)19/h1-6,11,14,24H,7-10,12H2. The third-order valence-corrected chi connectivity index (χ3v) is 5.30. The molecule has 1 saturated heterocycles. The van der Waals surface area contributed by atoms with Gasteiger partial charge in [-0.05, 0) is 29.8 Å². The molecule has 2 heterocycles. The number of piperazine rings is 1. The third kappa shape index (κ3) is 3.49. The molecule has 0 aliphatic carbocycles. The van der Waals surface area contributed by atoms with Crippen LogP contribution in [0.3, 0.4) is 0 Å². The first-order chi connectivity index (χ1) is 13.2. The number of fused-ring (bicyclic) bond motifs is 1. The lowest BCUT2D eigenvalue weighted by atomic mass is 10.1. The Labute approximate surface area is 162 Å². The lowest BCUT2D eigenvalue weighted by Gasteiger charge is -2.36. The van der Waals surface area contributed by atoms with Crippen molar-refractivity contribution in [3.05, 3.63) is 64.8 Å². The maximum absolute atomic E-state index is 12.7. The van der Waals surface area contributed by atoms with E-state index in [1.165, 1.54) is 0 Å². The van der Waals surface area contributed by atoms with Crippen molar-refractivity contribution in [1.29, 1.82) is 5.26 Å². The highest BCUT2D eigenvalue weighted by Crippen LogP contribution is 2.25. The fourth-order valence-corrected chi connectivity index (χ4v) is 3.80. The zero-order valence-electron chi connectivity index (χ0n) is 14.8. The van der Waals surface area contributed by atoms with Crippen molar-refractivity contribution in [2.75, 3.05) is 31.1 Å². The highest BCUT2D eigenvalue weighted by Gasteiger charge is 2.23. The van der Waals surface area contributed by atoms with E-state index in [9.17, 15) is 10.1 Å². The van der Waals surface area contributed by atoms with Gasteiger partial charge in [0, 0.05) is 48.3 Å². The first kappa shape index (κ1) is 17.4. The maximum Gasteiger partial charge on any atom is 0.227 e. The van der Waals surface area contributed by atoms with E-state index in [-0.39, 0.29) is 5.91 Å². The predicted molar refractivity (Wildman–Crippen MR) is 107 cm³/mol. The minimum absolute atomic E-state index is 0.135. The van der Waals surface area contributed by atoms with Crippen LogP contribution in [0.5, 0.6) is 0 Å². The number of rotatable bonds is 3. The summed E-state index contributed by atoms with van der Waals surface area (Å²) in [4.78, 5) is 20.0. The molecule has 1 N–H and O–H groups in total. The van der Waals surface area contributed by atoms with Crippen molar-refractivity contribution in [3.8, 4) is 6.07 Å². The molecule has 6 heteroatoms. The first-order valence-electron chi connectivity index (χ1n) is 8.93. The second kappa shape index (κ2) is 7.34. The Bertz CT molecular complexity index is 1030. The van der Waals surface area contributed by atoms with Crippen molar-refractivity contribution >= 4 is 34.1 Å². The number of amides is 1. The van der Waals surface area contributed by atoms with E-state index in [1.807, 2.05) is 41.4 Å². The molecule has 0 unspecified atom stereocenters. The van der Waals surface area contributed by atoms with Crippen LogP contribution in [0, 0.1) is 11.3 Å². The van der Waals surface area contributed by atoms with Gasteiger partial charge >= 0.3 is 0 Å². The number of anilines is 1. The zero-order valence-corrected chi connectivity index (χ0v) is 15.5. The molecule has 0 atom stereocenters. The number of H-pyrrole nitrogens is 1. The molecule has 0 spiro atoms. The third-order valence-electron chi connectivity index (χ3n) is 5.07. The molecule has 136 valence electrons. The molecule has 0 saturated carbocycles. The summed E-state index contributed by atoms with van der Waals surface area (Å²) in [5, 5.41) is 11.0. The van der Waals surface area contributed by atoms with E-state index in [0.717, 1.165) is 22.2 Å². The average Bonchev–Trinajstić information content (AvgIpc) is 3.11. The monoisotopic (exact) mass is 378 g/mol. The van der Waals surface area contributed by atoms with Gasteiger partial charge in [-0.3, -0.25) is 4.79 Å². The second-order valence-electron chi connectivity index (χ2n) is 6.68. The van der Waals surface area contributed by atoms with Gasteiger partial charge in [0.2, 0.25) is 5.91 Å². The molecule has 1 aromatic heterocycles. The van der Waals surface area contributed by atoms with Gasteiger partial charge in [-0.2, -0.15) is 5.26 Å². The Morgan fingerprint density at radius 3 is 2.70 bits per heavy atom. The highest BCUT2D eigenvalue weighted by molar-refractivity contribution is 6.30. The van der Waals surface area contributed by atoms with Crippen molar-refractivity contribution in [3.63, 3.8) is 0 Å². The SMILES string of the molecule is N#Cc1cc(Cl)ccc1N1CCN(C(=O)Cc2c[nH]c3ccccc23)CC1. The quantitative estimate of drug-likeness (QED) is 0.757. The van der Waals surface area contributed by atoms with Gasteiger partial charge in [-0.1, -0.05) is 29.8 Å². The number of hydrogen-bond acceptors (Lipinski definition) is 3. The highest BCUT2D eigenvalue weighted by atomic mass is 35.5. The lowest BCUT2D eigenvalue weighted by molar-refractivity contribution is -0.130. The number of nitriles is 1. The minimum atomic E-state index is 0.135. The van der Waals surface area contributed by atoms with Crippen molar-refractivity contribution < 1.29 is 4.79 Å². The van der Waals surface area contributed by atoms with Crippen LogP contribution in [0.4, 0.5) is 5.69 Å². The van der Waals surface area contributed by atoms with Crippen LogP contribution in [0.2, 0.25) is 5.02 Å². The summed E-state index contributed by atoms with van der Waals surface area (Å²) in [5.74, 6) is 0.135. The summed E-state index contributed by atoms with van der Waals surface area (Å²) in [7, 11) is 0. The Hall–Kier alpha value is -2.97. The Balaban J connectivity index is 1.42. The van der Waals surface area contributed by atoms with Crippen molar-refractivity contribution in [2.24, 2.45) is 0 Å². The minimum Gasteiger partial charge on any atom is -0.367 e. The van der Waals surface area contributed by atoms with Gasteiger partial charge in [0.1, 0.15) is 6.07 Å². The second-order valence-corrected chi connectivity index (χ2v) is 7.11. The molecule has 1 aliphatic heterocycles. The topological polar surface area (TPSA) is 63.1 Å². The molecule has 2 aromatic carbocycles. The van der Waals surface area contributed by atoms with Crippen LogP contribution in [0.1, 0.15) is 11.1 Å². The molecule has 0 radical (unpaired) electrons. The van der Waals surface area contributed by atoms with E-state index in [1.54, 1.807) is 12.1 Å². The molecule has 0 bridgehead atoms. The number of halogens is 1. The van der Waals surface area contributed by atoms with Crippen LogP contribution < -0.4 is 4.90 Å². The zero-order chi connectivity index (χ0) is 18.8. The van der Waals surface area contributed by atoms with Crippen molar-refractivity contribution in [1.82, 2.24) is 9.88 Å². The van der Waals surface area contributed by atoms with Crippen LogP contribution in [0.25, 0.3) is 10.9 Å². The summed E-state index contributed by atoms with van der Waals surface area (Å²) >= 11 is 5.98. The fraction of sp³-hybridized carbons (Fsp3) is 0.238. The van der Waals surface area contributed by atoms with Crippen LogP contribution >= 0.6 is 11.6 Å². The molecule has 4 rings (SSSR count). The molecule has 5 nitrogen and oxygen atoms in total. The number of aromatic nitrogens is 1. The van der Waals surface area contributed by atoms with Gasteiger partial charge in [-0.25, -0.2) is 0 Å². The van der Waals surface area contributed by atoms with E-state index >= 15 is 0 Å². The molecule has 1 aliphatic rings. The van der Waals surface area contributed by atoms with Gasteiger partial charge < -0.3 is 14.8 Å². The summed E-state index contributed by atoms with van der Waals surface area (Å²) in [6.07, 6.45) is 2.32. The largest absolute Gasteiger partial charge is 0.367 e. The molecule has 3 aromatic rings. The smallest absolute Gasteiger partial charge is 0.227 e. The Kier molecular flexibility index (Phi) is 4.74. The van der Waals surface area contributed by atoms with Gasteiger partial charge in [-0.15, -0.1) is 0 Å². The molecule has 1 amide bonds. The number of aromatic amines is 1. The number of para-hydroxylation sites is 1. The lowest BCUT2D eigenvalue weighted by Crippen LogP contribution is -2.49. The molecule has 27 heavy (non-hydrogen) atoms. The average molecular weight is 379 g/mol. The van der Waals surface area contributed by atoms with Crippen molar-refractivity contribution in [2.45, 2.75) is 6.42 Å². The molecular formula is C21H19ClN4O. The van der Waals surface area contributed by atoms with Crippen LogP contribution in [-0.2, 0) is 11.2 Å². The first-order valence-corrected chi connectivity index (χ1v) is 9.31. The summed E-state index contributed by atoms with van der Waals surface area (Å²) in [6.45, 7) is 2.70. The molecule has 1 fully saturated rings. The van der Waals surface area contributed by atoms with Crippen LogP contribution in [-0.4, -0.2) is 42.0 Å². The normalized spacial score (nSPS) is 14.4. The van der Waals surface area contributed by atoms with E-state index in [4.69, 9.17) is 11.6 Å². The van der Waals surface area contributed by atoms with Crippen LogP contribution in [0.15, 0.2) is 48.7 Å². The number of nitrogens with one attached hydrogen (secondary N) is 1. The number of carbonyl (C=O) groups excluding carboxylic acids is 1. The Morgan fingerprint density at radius 1 is 1.15 bits per heavy atom. The number of carbonyl (C=O) groups is 1. The van der Waals surface area contributed by atoms with Gasteiger partial charge in [0.05, 0.1) is 17.7 Å². The van der Waals surface area contributed by atoms with Gasteiger partial charge in [0.25, 0.3) is 0 Å². The van der Waals surface area contributed by atoms with Gasteiger partial charge in [0.15, 0.2) is 0 Å². The van der Waals surface area contributed by atoms with E-state index in [2.05, 4.69) is 16.0 Å². The Morgan fingerprint density at radius 2 is 1.93 bits per heavy atom. The fourth-order valence-electron chi connectivity index (χ4n) is 3.62. The summed E-state index contributed by atoms with van der Waals surface area (Å²) in [6, 6.07) is 15.6. The molecular weight excluding hydrogens is 360 g/mol. The summed E-state index contributed by atoms with van der Waals surface area (Å²) in [5.41, 5.74) is 3.53. The van der Waals surface area contributed by atoms with E-state index in [0.29, 0.717) is 43.2 Å². The number of nitrogens with zero attached hydrogens (tertiary/aromatic N) is 3. The summed E-state index contributed by atoms with van der Waals surface area (Å²) < 4.78 is 0. The number of hydrogen-bond donors (Lipinski definition) is 1. The number of benzene rings is 2.